The van der Waals surface area contributed by atoms with E-state index >= 15 is 0 Å². The molecule has 1 fully saturated rings. The van der Waals surface area contributed by atoms with Gasteiger partial charge in [0.25, 0.3) is 0 Å². The van der Waals surface area contributed by atoms with Gasteiger partial charge < -0.3 is 24.7 Å². The predicted octanol–water partition coefficient (Wildman–Crippen LogP) is 7.92. The SMILES string of the molecule is [C-]#CC#[C-].[C-]#[O+].[C-]#[O+].[C-]#[O+].[C-]#[O+].[CH]1[CH][CH][CH][CH]1.[Rh].[W+2].c1ccc(P(c2ccccc2)c2ccccc2)cc1.c1ccc(P(c2ccccc2)c2ccccc2)cc1. The summed E-state index contributed by atoms with van der Waals surface area (Å²) < 4.78 is 30.0. The molecule has 0 unspecified atom stereocenters. The van der Waals surface area contributed by atoms with Crippen LogP contribution in [0, 0.1) is 83.4 Å². The maximum atomic E-state index is 7.50. The van der Waals surface area contributed by atoms with E-state index in [1.54, 1.807) is 11.8 Å². The van der Waals surface area contributed by atoms with Gasteiger partial charge in [-0.1, -0.05) is 182 Å². The summed E-state index contributed by atoms with van der Waals surface area (Å²) in [4.78, 5) is 0. The van der Waals surface area contributed by atoms with Crippen LogP contribution in [0.4, 0.5) is 0 Å². The van der Waals surface area contributed by atoms with Crippen LogP contribution < -0.4 is 31.8 Å². The molecule has 0 bridgehead atoms. The largest absolute Gasteiger partial charge is 2.00 e. The van der Waals surface area contributed by atoms with Crippen LogP contribution in [0.3, 0.4) is 0 Å². The van der Waals surface area contributed by atoms with Crippen LogP contribution in [0.25, 0.3) is 0 Å². The van der Waals surface area contributed by atoms with Gasteiger partial charge in [0.05, 0.1) is 0 Å². The van der Waals surface area contributed by atoms with Crippen molar-refractivity contribution >= 4 is 47.7 Å². The number of hydrogen-bond acceptors (Lipinski definition) is 0. The molecule has 6 radical (unpaired) electrons. The van der Waals surface area contributed by atoms with Gasteiger partial charge in [0.1, 0.15) is 0 Å². The zero-order chi connectivity index (χ0) is 40.8. The molecule has 8 heteroatoms. The summed E-state index contributed by atoms with van der Waals surface area (Å²) >= 11 is 0. The quantitative estimate of drug-likeness (QED) is 0.0535. The van der Waals surface area contributed by atoms with E-state index in [4.69, 9.17) is 31.5 Å². The smallest absolute Gasteiger partial charge is 0.0622 e. The van der Waals surface area contributed by atoms with E-state index in [1.165, 1.54) is 31.8 Å². The van der Waals surface area contributed by atoms with E-state index in [0.29, 0.717) is 0 Å². The van der Waals surface area contributed by atoms with Crippen molar-refractivity contribution < 1.29 is 59.2 Å². The fraction of sp³-hybridized carbons (Fsp3) is 0. The van der Waals surface area contributed by atoms with Crippen LogP contribution in [0.2, 0.25) is 0 Å². The first-order valence-corrected chi connectivity index (χ1v) is 18.7. The Balaban J connectivity index is -0.000000719. The van der Waals surface area contributed by atoms with Crippen molar-refractivity contribution in [3.63, 3.8) is 0 Å². The Morgan fingerprint density at radius 2 is 0.404 bits per heavy atom. The summed E-state index contributed by atoms with van der Waals surface area (Å²) in [6.07, 6.45) is 21.8. The van der Waals surface area contributed by atoms with Gasteiger partial charge in [-0.15, -0.1) is 0 Å². The van der Waals surface area contributed by atoms with E-state index in [0.717, 1.165) is 0 Å². The molecule has 0 spiro atoms. The van der Waals surface area contributed by atoms with Crippen LogP contribution in [0.1, 0.15) is 0 Å². The van der Waals surface area contributed by atoms with Crippen molar-refractivity contribution in [3.05, 3.63) is 254 Å². The van der Waals surface area contributed by atoms with E-state index in [-0.39, 0.29) is 40.5 Å². The summed E-state index contributed by atoms with van der Waals surface area (Å²) in [5, 5.41) is 8.39. The van der Waals surface area contributed by atoms with Gasteiger partial charge in [-0.25, -0.2) is 0 Å². The van der Waals surface area contributed by atoms with Crippen molar-refractivity contribution in [1.82, 2.24) is 0 Å². The summed E-state index contributed by atoms with van der Waals surface area (Å²) in [5.41, 5.74) is 0. The van der Waals surface area contributed by atoms with Crippen molar-refractivity contribution in [2.45, 2.75) is 0 Å². The maximum absolute atomic E-state index is 7.50. The fourth-order valence-corrected chi connectivity index (χ4v) is 9.29. The fourth-order valence-electron chi connectivity index (χ4n) is 4.68. The van der Waals surface area contributed by atoms with Crippen LogP contribution >= 0.6 is 15.8 Å². The van der Waals surface area contributed by atoms with E-state index in [1.807, 2.05) is 32.1 Å². The molecular formula is C49H35O4P2RhW. The number of hydrogen-bond donors (Lipinski definition) is 0. The van der Waals surface area contributed by atoms with Crippen molar-refractivity contribution in [3.8, 4) is 11.8 Å². The van der Waals surface area contributed by atoms with Gasteiger partial charge in [0.15, 0.2) is 0 Å². The molecule has 4 nitrogen and oxygen atoms in total. The minimum Gasteiger partial charge on any atom is -0.0622 e. The van der Waals surface area contributed by atoms with Crippen LogP contribution in [0.5, 0.6) is 0 Å². The topological polar surface area (TPSA) is 79.6 Å². The Bertz CT molecular complexity index is 1610. The van der Waals surface area contributed by atoms with Crippen molar-refractivity contribution in [2.75, 3.05) is 0 Å². The van der Waals surface area contributed by atoms with E-state index in [2.05, 4.69) is 209 Å². The Morgan fingerprint density at radius 1 is 0.281 bits per heavy atom. The molecule has 7 rings (SSSR count). The molecule has 6 aromatic carbocycles. The molecule has 6 aromatic rings. The molecule has 1 saturated carbocycles. The number of benzene rings is 6. The minimum absolute atomic E-state index is 0. The second-order valence-electron chi connectivity index (χ2n) is 9.90. The monoisotopic (exact) mass is 1040 g/mol. The third kappa shape index (κ3) is 23.4. The average Bonchev–Trinajstić information content (AvgIpc) is 3.90. The molecule has 0 aliphatic heterocycles. The Morgan fingerprint density at radius 3 is 0.509 bits per heavy atom. The summed E-state index contributed by atoms with van der Waals surface area (Å²) in [6, 6.07) is 64.7. The predicted molar refractivity (Wildman–Crippen MR) is 222 cm³/mol. The van der Waals surface area contributed by atoms with Gasteiger partial charge in [0.2, 0.25) is 0 Å². The molecule has 0 saturated heterocycles. The molecule has 0 aromatic heterocycles. The van der Waals surface area contributed by atoms with Gasteiger partial charge in [0, 0.05) is 19.5 Å². The van der Waals surface area contributed by atoms with E-state index in [9.17, 15) is 0 Å². The Kier molecular flexibility index (Phi) is 41.1. The molecule has 1 aliphatic carbocycles. The van der Waals surface area contributed by atoms with Crippen LogP contribution in [0.15, 0.2) is 182 Å². The van der Waals surface area contributed by atoms with Crippen LogP contribution in [-0.2, 0) is 59.2 Å². The van der Waals surface area contributed by atoms with Crippen molar-refractivity contribution in [2.24, 2.45) is 0 Å². The molecule has 0 N–H and O–H groups in total. The second-order valence-corrected chi connectivity index (χ2v) is 14.3. The molecule has 0 heterocycles. The third-order valence-corrected chi connectivity index (χ3v) is 11.6. The van der Waals surface area contributed by atoms with Gasteiger partial charge in [-0.05, 0) is 79.8 Å². The first kappa shape index (κ1) is 56.9. The maximum Gasteiger partial charge on any atom is 2.00 e. The summed E-state index contributed by atoms with van der Waals surface area (Å²) in [7, 11) is -0.892. The average molecular weight is 1040 g/mol. The zero-order valence-corrected chi connectivity index (χ0v) is 36.8. The second kappa shape index (κ2) is 41.2. The molecule has 1 aliphatic rings. The van der Waals surface area contributed by atoms with Gasteiger partial charge in [-0.2, -0.15) is 0 Å². The molecular weight excluding hydrogens is 1000 g/mol. The Hall–Kier alpha value is -4.43. The Labute approximate surface area is 369 Å². The standard InChI is InChI=1S/2C18H15P.C5H5.C4.4CO.Rh.W/c2*1-4-10-16(11-5-1)19(17-12-6-2-7-13-17)18-14-8-3-9-15-18;1-2-4-5-3-1;1-3-4-2;4*1-2;;/h2*1-15H;1-5H;;;;;;;/q;;;-2;;;;;;+2. The molecule has 0 amide bonds. The summed E-state index contributed by atoms with van der Waals surface area (Å²) in [6.45, 7) is 18.0. The van der Waals surface area contributed by atoms with Crippen molar-refractivity contribution in [1.29, 1.82) is 0 Å². The summed E-state index contributed by atoms with van der Waals surface area (Å²) in [5.74, 6) is 3.19. The zero-order valence-electron chi connectivity index (χ0n) is 30.5. The van der Waals surface area contributed by atoms with Crippen LogP contribution in [-0.4, -0.2) is 0 Å². The minimum atomic E-state index is -0.446. The number of rotatable bonds is 6. The van der Waals surface area contributed by atoms with Gasteiger partial charge >= 0.3 is 66.3 Å². The van der Waals surface area contributed by atoms with Gasteiger partial charge in [-0.3, -0.25) is 0 Å². The molecule has 280 valence electrons. The normalized spacial score (nSPS) is 9.47. The molecule has 0 atom stereocenters. The first-order valence-electron chi connectivity index (χ1n) is 16.0. The van der Waals surface area contributed by atoms with E-state index < -0.39 is 15.8 Å². The first-order chi connectivity index (χ1) is 27.3. The third-order valence-electron chi connectivity index (χ3n) is 6.70. The molecule has 57 heavy (non-hydrogen) atoms.